The molecule has 0 aliphatic heterocycles. The lowest BCUT2D eigenvalue weighted by Crippen LogP contribution is -2.29. The number of hydrogen-bond donors (Lipinski definition) is 4. The molecule has 0 heterocycles. The van der Waals surface area contributed by atoms with E-state index < -0.39 is 0 Å². The zero-order chi connectivity index (χ0) is 23.7. The van der Waals surface area contributed by atoms with Crippen molar-refractivity contribution in [2.24, 2.45) is 11.8 Å². The Balaban J connectivity index is 1.96. The second-order valence-electron chi connectivity index (χ2n) is 8.68. The number of carbonyl (C=O) groups is 3. The lowest BCUT2D eigenvalue weighted by Gasteiger charge is -2.14. The Hall–Kier alpha value is -3.35. The molecule has 0 aliphatic carbocycles. The molecule has 7 nitrogen and oxygen atoms in total. The third kappa shape index (κ3) is 7.72. The number of aryl methyl sites for hydroxylation is 1. The van der Waals surface area contributed by atoms with Gasteiger partial charge in [-0.25, -0.2) is 0 Å². The average Bonchev–Trinajstić information content (AvgIpc) is 2.75. The molecule has 0 saturated heterocycles. The SMILES string of the molecule is Cc1cc(C(=O)NCC(C)C)ccc1NCC(=O)Nc1ccccc1C(=O)NCC(C)C. The summed E-state index contributed by atoms with van der Waals surface area (Å²) in [5, 5.41) is 11.7. The molecule has 0 fully saturated rings. The van der Waals surface area contributed by atoms with Gasteiger partial charge < -0.3 is 21.3 Å². The first-order valence-corrected chi connectivity index (χ1v) is 11.0. The van der Waals surface area contributed by atoms with Crippen LogP contribution in [0.4, 0.5) is 11.4 Å². The monoisotopic (exact) mass is 438 g/mol. The van der Waals surface area contributed by atoms with Gasteiger partial charge in [-0.15, -0.1) is 0 Å². The van der Waals surface area contributed by atoms with E-state index in [1.165, 1.54) is 0 Å². The molecule has 0 atom stereocenters. The number of nitrogens with one attached hydrogen (secondary N) is 4. The summed E-state index contributed by atoms with van der Waals surface area (Å²) in [4.78, 5) is 37.2. The minimum Gasteiger partial charge on any atom is -0.376 e. The van der Waals surface area contributed by atoms with E-state index >= 15 is 0 Å². The maximum atomic E-state index is 12.5. The molecule has 0 spiro atoms. The molecule has 2 aromatic rings. The molecule has 0 radical (unpaired) electrons. The highest BCUT2D eigenvalue weighted by Gasteiger charge is 2.14. The van der Waals surface area contributed by atoms with Crippen LogP contribution in [0.5, 0.6) is 0 Å². The number of amides is 3. The highest BCUT2D eigenvalue weighted by molar-refractivity contribution is 6.04. The summed E-state index contributed by atoms with van der Waals surface area (Å²) in [6, 6.07) is 12.3. The Bertz CT molecular complexity index is 954. The zero-order valence-electron chi connectivity index (χ0n) is 19.5. The normalized spacial score (nSPS) is 10.7. The summed E-state index contributed by atoms with van der Waals surface area (Å²) in [6.07, 6.45) is 0. The first-order chi connectivity index (χ1) is 15.2. The summed E-state index contributed by atoms with van der Waals surface area (Å²) < 4.78 is 0. The summed E-state index contributed by atoms with van der Waals surface area (Å²) in [5.74, 6) is 0.113. The molecule has 0 aromatic heterocycles. The molecule has 32 heavy (non-hydrogen) atoms. The highest BCUT2D eigenvalue weighted by atomic mass is 16.2. The van der Waals surface area contributed by atoms with Gasteiger partial charge in [-0.3, -0.25) is 14.4 Å². The van der Waals surface area contributed by atoms with Gasteiger partial charge in [0.25, 0.3) is 11.8 Å². The Morgan fingerprint density at radius 3 is 2.06 bits per heavy atom. The van der Waals surface area contributed by atoms with Crippen LogP contribution in [0.25, 0.3) is 0 Å². The number of para-hydroxylation sites is 1. The topological polar surface area (TPSA) is 99.3 Å². The van der Waals surface area contributed by atoms with Crippen molar-refractivity contribution in [3.63, 3.8) is 0 Å². The van der Waals surface area contributed by atoms with Crippen LogP contribution in [0.1, 0.15) is 54.0 Å². The van der Waals surface area contributed by atoms with Crippen LogP contribution >= 0.6 is 0 Å². The van der Waals surface area contributed by atoms with Gasteiger partial charge in [0.2, 0.25) is 5.91 Å². The van der Waals surface area contributed by atoms with Crippen LogP contribution in [0.3, 0.4) is 0 Å². The standard InChI is InChI=1S/C25H34N4O3/c1-16(2)13-27-24(31)19-10-11-21(18(5)12-19)26-15-23(30)29-22-9-7-6-8-20(22)25(32)28-14-17(3)4/h6-12,16-17,26H,13-15H2,1-5H3,(H,27,31)(H,28,32)(H,29,30). The maximum absolute atomic E-state index is 12.5. The Kier molecular flexibility index (Phi) is 9.25. The first kappa shape index (κ1) is 24.9. The number of hydrogen-bond acceptors (Lipinski definition) is 4. The van der Waals surface area contributed by atoms with Gasteiger partial charge in [-0.05, 0) is 54.7 Å². The van der Waals surface area contributed by atoms with Crippen molar-refractivity contribution in [2.45, 2.75) is 34.6 Å². The van der Waals surface area contributed by atoms with Crippen molar-refractivity contribution in [3.05, 3.63) is 59.2 Å². The summed E-state index contributed by atoms with van der Waals surface area (Å²) in [6.45, 7) is 11.2. The van der Waals surface area contributed by atoms with E-state index in [0.29, 0.717) is 41.7 Å². The van der Waals surface area contributed by atoms with E-state index in [4.69, 9.17) is 0 Å². The molecule has 0 saturated carbocycles. The van der Waals surface area contributed by atoms with Crippen LogP contribution in [0, 0.1) is 18.8 Å². The third-order valence-electron chi connectivity index (χ3n) is 4.72. The van der Waals surface area contributed by atoms with Crippen molar-refractivity contribution in [1.82, 2.24) is 10.6 Å². The lowest BCUT2D eigenvalue weighted by atomic mass is 10.1. The quantitative estimate of drug-likeness (QED) is 0.453. The Labute approximate surface area is 190 Å². The fourth-order valence-electron chi connectivity index (χ4n) is 2.95. The van der Waals surface area contributed by atoms with Crippen molar-refractivity contribution in [2.75, 3.05) is 30.3 Å². The van der Waals surface area contributed by atoms with Crippen LogP contribution < -0.4 is 21.3 Å². The van der Waals surface area contributed by atoms with Gasteiger partial charge in [0, 0.05) is 24.3 Å². The Morgan fingerprint density at radius 2 is 1.44 bits per heavy atom. The predicted molar refractivity (Wildman–Crippen MR) is 129 cm³/mol. The van der Waals surface area contributed by atoms with E-state index in [9.17, 15) is 14.4 Å². The van der Waals surface area contributed by atoms with E-state index in [1.54, 1.807) is 42.5 Å². The van der Waals surface area contributed by atoms with Gasteiger partial charge in [-0.1, -0.05) is 39.8 Å². The second-order valence-corrected chi connectivity index (χ2v) is 8.68. The van der Waals surface area contributed by atoms with E-state index in [0.717, 1.165) is 11.3 Å². The fourth-order valence-corrected chi connectivity index (χ4v) is 2.95. The van der Waals surface area contributed by atoms with Crippen LogP contribution in [0.15, 0.2) is 42.5 Å². The predicted octanol–water partition coefficient (Wildman–Crippen LogP) is 3.82. The molecule has 7 heteroatoms. The number of rotatable bonds is 10. The van der Waals surface area contributed by atoms with Gasteiger partial charge in [0.1, 0.15) is 0 Å². The highest BCUT2D eigenvalue weighted by Crippen LogP contribution is 2.18. The molecule has 2 rings (SSSR count). The van der Waals surface area contributed by atoms with Gasteiger partial charge >= 0.3 is 0 Å². The Morgan fingerprint density at radius 1 is 0.812 bits per heavy atom. The second kappa shape index (κ2) is 11.9. The number of benzene rings is 2. The number of carbonyl (C=O) groups excluding carboxylic acids is 3. The smallest absolute Gasteiger partial charge is 0.253 e. The molecule has 172 valence electrons. The van der Waals surface area contributed by atoms with Crippen LogP contribution in [-0.2, 0) is 4.79 Å². The largest absolute Gasteiger partial charge is 0.376 e. The lowest BCUT2D eigenvalue weighted by molar-refractivity contribution is -0.114. The molecule has 0 unspecified atom stereocenters. The van der Waals surface area contributed by atoms with Gasteiger partial charge in [0.15, 0.2) is 0 Å². The van der Waals surface area contributed by atoms with Gasteiger partial charge in [-0.2, -0.15) is 0 Å². The van der Waals surface area contributed by atoms with Crippen LogP contribution in [0.2, 0.25) is 0 Å². The summed E-state index contributed by atoms with van der Waals surface area (Å²) in [7, 11) is 0. The minimum atomic E-state index is -0.271. The molecular formula is C25H34N4O3. The molecular weight excluding hydrogens is 404 g/mol. The summed E-state index contributed by atoms with van der Waals surface area (Å²) >= 11 is 0. The molecule has 4 N–H and O–H groups in total. The molecule has 0 bridgehead atoms. The average molecular weight is 439 g/mol. The molecule has 0 aliphatic rings. The minimum absolute atomic E-state index is 0.0294. The van der Waals surface area contributed by atoms with Crippen molar-refractivity contribution < 1.29 is 14.4 Å². The fraction of sp³-hybridized carbons (Fsp3) is 0.400. The van der Waals surface area contributed by atoms with Crippen molar-refractivity contribution >= 4 is 29.1 Å². The maximum Gasteiger partial charge on any atom is 0.253 e. The molecule has 2 aromatic carbocycles. The molecule has 3 amide bonds. The van der Waals surface area contributed by atoms with Crippen LogP contribution in [-0.4, -0.2) is 37.4 Å². The van der Waals surface area contributed by atoms with E-state index in [-0.39, 0.29) is 24.3 Å². The van der Waals surface area contributed by atoms with Gasteiger partial charge in [0.05, 0.1) is 17.8 Å². The number of anilines is 2. The van der Waals surface area contributed by atoms with E-state index in [2.05, 4.69) is 21.3 Å². The third-order valence-corrected chi connectivity index (χ3v) is 4.72. The zero-order valence-corrected chi connectivity index (χ0v) is 19.5. The van der Waals surface area contributed by atoms with Crippen molar-refractivity contribution in [1.29, 1.82) is 0 Å². The summed E-state index contributed by atoms with van der Waals surface area (Å²) in [5.41, 5.74) is 3.11. The van der Waals surface area contributed by atoms with Crippen molar-refractivity contribution in [3.8, 4) is 0 Å². The van der Waals surface area contributed by atoms with E-state index in [1.807, 2.05) is 34.6 Å². The first-order valence-electron chi connectivity index (χ1n) is 11.0.